The zero-order valence-electron chi connectivity index (χ0n) is 7.24. The summed E-state index contributed by atoms with van der Waals surface area (Å²) >= 11 is 0. The number of rotatable bonds is 2. The minimum absolute atomic E-state index is 0.00157. The van der Waals surface area contributed by atoms with Crippen LogP contribution in [0.5, 0.6) is 11.5 Å². The van der Waals surface area contributed by atoms with Gasteiger partial charge in [0.25, 0.3) is 0 Å². The van der Waals surface area contributed by atoms with Gasteiger partial charge in [-0.25, -0.2) is 0 Å². The fourth-order valence-electron chi connectivity index (χ4n) is 1.22. The first-order valence-corrected chi connectivity index (χ1v) is 4.04. The summed E-state index contributed by atoms with van der Waals surface area (Å²) in [4.78, 5) is 11.3. The first-order chi connectivity index (χ1) is 6.31. The summed E-state index contributed by atoms with van der Waals surface area (Å²) in [5.74, 6) is 1.35. The van der Waals surface area contributed by atoms with Crippen molar-refractivity contribution < 1.29 is 14.3 Å². The zero-order valence-corrected chi connectivity index (χ0v) is 7.24. The Labute approximate surface area is 76.3 Å². The van der Waals surface area contributed by atoms with E-state index in [0.29, 0.717) is 17.1 Å². The first-order valence-electron chi connectivity index (χ1n) is 4.04. The van der Waals surface area contributed by atoms with Crippen LogP contribution in [0.15, 0.2) is 18.2 Å². The molecule has 13 heavy (non-hydrogen) atoms. The molecule has 0 aromatic heterocycles. The van der Waals surface area contributed by atoms with Gasteiger partial charge >= 0.3 is 0 Å². The van der Waals surface area contributed by atoms with Gasteiger partial charge in [0, 0.05) is 12.0 Å². The van der Waals surface area contributed by atoms with E-state index < -0.39 is 0 Å². The standard InChI is InChI=1S/C10H9O3/c1-2-8(11)7-3-4-9-10(5-7)13-6-12-9/h2-5H,6H2,1H3. The molecular weight excluding hydrogens is 168 g/mol. The molecule has 67 valence electrons. The van der Waals surface area contributed by atoms with E-state index in [9.17, 15) is 4.79 Å². The van der Waals surface area contributed by atoms with Crippen LogP contribution < -0.4 is 9.47 Å². The molecule has 0 saturated carbocycles. The Morgan fingerprint density at radius 3 is 2.92 bits per heavy atom. The van der Waals surface area contributed by atoms with E-state index in [1.54, 1.807) is 25.1 Å². The summed E-state index contributed by atoms with van der Waals surface area (Å²) in [6.45, 7) is 1.95. The van der Waals surface area contributed by atoms with Gasteiger partial charge < -0.3 is 9.47 Å². The summed E-state index contributed by atoms with van der Waals surface area (Å²) < 4.78 is 10.3. The Bertz CT molecular complexity index is 344. The average molecular weight is 177 g/mol. The van der Waals surface area contributed by atoms with E-state index in [2.05, 4.69) is 0 Å². The molecule has 0 bridgehead atoms. The van der Waals surface area contributed by atoms with Crippen LogP contribution in [0.1, 0.15) is 17.3 Å². The van der Waals surface area contributed by atoms with Crippen LogP contribution in [0.4, 0.5) is 0 Å². The molecule has 0 atom stereocenters. The highest BCUT2D eigenvalue weighted by molar-refractivity contribution is 6.02. The molecule has 0 saturated heterocycles. The van der Waals surface area contributed by atoms with E-state index >= 15 is 0 Å². The summed E-state index contributed by atoms with van der Waals surface area (Å²) in [5.41, 5.74) is 0.631. The molecule has 0 spiro atoms. The second-order valence-corrected chi connectivity index (χ2v) is 2.72. The predicted octanol–water partition coefficient (Wildman–Crippen LogP) is 1.82. The lowest BCUT2D eigenvalue weighted by Crippen LogP contribution is -1.96. The third-order valence-corrected chi connectivity index (χ3v) is 1.92. The van der Waals surface area contributed by atoms with Crippen molar-refractivity contribution in [3.63, 3.8) is 0 Å². The monoisotopic (exact) mass is 177 g/mol. The maximum atomic E-state index is 11.3. The molecule has 1 radical (unpaired) electrons. The summed E-state index contributed by atoms with van der Waals surface area (Å²) in [7, 11) is 0. The van der Waals surface area contributed by atoms with E-state index in [1.165, 1.54) is 6.42 Å². The Morgan fingerprint density at radius 2 is 2.15 bits per heavy atom. The van der Waals surface area contributed by atoms with Crippen LogP contribution in [0, 0.1) is 6.42 Å². The van der Waals surface area contributed by atoms with Crippen molar-refractivity contribution in [3.05, 3.63) is 30.2 Å². The largest absolute Gasteiger partial charge is 0.454 e. The van der Waals surface area contributed by atoms with Crippen molar-refractivity contribution in [3.8, 4) is 11.5 Å². The molecule has 2 rings (SSSR count). The highest BCUT2D eigenvalue weighted by Gasteiger charge is 2.15. The summed E-state index contributed by atoms with van der Waals surface area (Å²) in [6, 6.07) is 5.18. The molecule has 1 aliphatic heterocycles. The molecule has 1 aromatic rings. The van der Waals surface area contributed by atoms with Gasteiger partial charge in [0.15, 0.2) is 17.3 Å². The molecule has 0 N–H and O–H groups in total. The number of hydrogen-bond acceptors (Lipinski definition) is 3. The third-order valence-electron chi connectivity index (χ3n) is 1.92. The number of fused-ring (bicyclic) bond motifs is 1. The molecule has 0 amide bonds. The van der Waals surface area contributed by atoms with Crippen LogP contribution in [0.3, 0.4) is 0 Å². The maximum Gasteiger partial charge on any atom is 0.231 e. The Morgan fingerprint density at radius 1 is 1.38 bits per heavy atom. The Hall–Kier alpha value is -1.51. The molecule has 0 unspecified atom stereocenters. The number of ketones is 1. The Balaban J connectivity index is 2.36. The first kappa shape index (κ1) is 8.10. The Kier molecular flexibility index (Phi) is 1.93. The molecule has 1 heterocycles. The van der Waals surface area contributed by atoms with Crippen molar-refractivity contribution in [1.29, 1.82) is 0 Å². The van der Waals surface area contributed by atoms with Crippen molar-refractivity contribution >= 4 is 5.78 Å². The van der Waals surface area contributed by atoms with Crippen LogP contribution in [-0.2, 0) is 0 Å². The summed E-state index contributed by atoms with van der Waals surface area (Å²) in [6.07, 6.45) is 1.53. The SMILES string of the molecule is C[CH]C(=O)c1ccc2c(c1)OCO2. The van der Waals surface area contributed by atoms with Gasteiger partial charge in [-0.05, 0) is 18.2 Å². The van der Waals surface area contributed by atoms with Gasteiger partial charge in [-0.1, -0.05) is 6.92 Å². The zero-order chi connectivity index (χ0) is 9.26. The lowest BCUT2D eigenvalue weighted by atomic mass is 10.1. The molecule has 0 aliphatic carbocycles. The van der Waals surface area contributed by atoms with Crippen molar-refractivity contribution in [1.82, 2.24) is 0 Å². The topological polar surface area (TPSA) is 35.5 Å². The fraction of sp³-hybridized carbons (Fsp3) is 0.200. The molecular formula is C10H9O3. The van der Waals surface area contributed by atoms with Gasteiger partial charge in [0.1, 0.15) is 0 Å². The minimum Gasteiger partial charge on any atom is -0.454 e. The molecule has 3 heteroatoms. The summed E-state index contributed by atoms with van der Waals surface area (Å²) in [5, 5.41) is 0. The molecule has 0 fully saturated rings. The van der Waals surface area contributed by atoms with Crippen molar-refractivity contribution in [2.75, 3.05) is 6.79 Å². The third kappa shape index (κ3) is 1.37. The normalized spacial score (nSPS) is 13.0. The second kappa shape index (κ2) is 3.09. The van der Waals surface area contributed by atoms with Gasteiger partial charge in [-0.2, -0.15) is 0 Å². The van der Waals surface area contributed by atoms with Crippen LogP contribution in [-0.4, -0.2) is 12.6 Å². The fourth-order valence-corrected chi connectivity index (χ4v) is 1.22. The van der Waals surface area contributed by atoms with E-state index in [4.69, 9.17) is 9.47 Å². The second-order valence-electron chi connectivity index (χ2n) is 2.72. The van der Waals surface area contributed by atoms with Crippen molar-refractivity contribution in [2.24, 2.45) is 0 Å². The highest BCUT2D eigenvalue weighted by Crippen LogP contribution is 2.32. The van der Waals surface area contributed by atoms with Crippen LogP contribution in [0.2, 0.25) is 0 Å². The number of benzene rings is 1. The molecule has 1 aromatic carbocycles. The van der Waals surface area contributed by atoms with Gasteiger partial charge in [0.2, 0.25) is 6.79 Å². The van der Waals surface area contributed by atoms with Crippen LogP contribution >= 0.6 is 0 Å². The number of carbonyl (C=O) groups excluding carboxylic acids is 1. The smallest absolute Gasteiger partial charge is 0.231 e. The lowest BCUT2D eigenvalue weighted by Gasteiger charge is -1.99. The quantitative estimate of drug-likeness (QED) is 0.646. The van der Waals surface area contributed by atoms with E-state index in [-0.39, 0.29) is 12.6 Å². The lowest BCUT2D eigenvalue weighted by molar-refractivity contribution is 0.103. The maximum absolute atomic E-state index is 11.3. The molecule has 3 nitrogen and oxygen atoms in total. The van der Waals surface area contributed by atoms with Crippen molar-refractivity contribution in [2.45, 2.75) is 6.92 Å². The van der Waals surface area contributed by atoms with Crippen LogP contribution in [0.25, 0.3) is 0 Å². The van der Waals surface area contributed by atoms with E-state index in [1.807, 2.05) is 0 Å². The number of carbonyl (C=O) groups is 1. The van der Waals surface area contributed by atoms with Gasteiger partial charge in [-0.3, -0.25) is 4.79 Å². The van der Waals surface area contributed by atoms with E-state index in [0.717, 1.165) is 0 Å². The predicted molar refractivity (Wildman–Crippen MR) is 46.9 cm³/mol. The number of Topliss-reactive ketones (excluding diaryl/α,β-unsaturated/α-hetero) is 1. The average Bonchev–Trinajstić information content (AvgIpc) is 2.63. The number of ether oxygens (including phenoxy) is 2. The molecule has 1 aliphatic rings. The van der Waals surface area contributed by atoms with Gasteiger partial charge in [0.05, 0.1) is 0 Å². The minimum atomic E-state index is -0.00157. The highest BCUT2D eigenvalue weighted by atomic mass is 16.7. The number of hydrogen-bond donors (Lipinski definition) is 0. The van der Waals surface area contributed by atoms with Gasteiger partial charge in [-0.15, -0.1) is 0 Å².